The van der Waals surface area contributed by atoms with Crippen LogP contribution in [0.4, 0.5) is 0 Å². The van der Waals surface area contributed by atoms with E-state index >= 15 is 0 Å². The molecule has 28 heavy (non-hydrogen) atoms. The molecule has 0 amide bonds. The second-order valence-electron chi connectivity index (χ2n) is 7.11. The third kappa shape index (κ3) is 2.03. The van der Waals surface area contributed by atoms with Gasteiger partial charge in [0.05, 0.1) is 5.39 Å². The summed E-state index contributed by atoms with van der Waals surface area (Å²) >= 11 is 0. The summed E-state index contributed by atoms with van der Waals surface area (Å²) in [6.45, 7) is 0. The predicted octanol–water partition coefficient (Wildman–Crippen LogP) is 7.70. The first-order valence-electron chi connectivity index (χ1n) is 9.33. The fraction of sp³-hybridized carbons (Fsp3) is 0. The van der Waals surface area contributed by atoms with E-state index in [1.807, 2.05) is 60.7 Å². The molecule has 0 N–H and O–H groups in total. The molecule has 0 saturated carbocycles. The third-order valence-corrected chi connectivity index (χ3v) is 5.53. The van der Waals surface area contributed by atoms with Crippen LogP contribution in [0.3, 0.4) is 0 Å². The summed E-state index contributed by atoms with van der Waals surface area (Å²) in [7, 11) is 0. The fourth-order valence-electron chi connectivity index (χ4n) is 4.24. The van der Waals surface area contributed by atoms with Gasteiger partial charge in [0.2, 0.25) is 0 Å². The van der Waals surface area contributed by atoms with Crippen LogP contribution in [0.2, 0.25) is 0 Å². The van der Waals surface area contributed by atoms with E-state index in [2.05, 4.69) is 30.3 Å². The van der Waals surface area contributed by atoms with Gasteiger partial charge in [0.1, 0.15) is 11.2 Å². The van der Waals surface area contributed by atoms with Crippen molar-refractivity contribution in [3.63, 3.8) is 0 Å². The van der Waals surface area contributed by atoms with Crippen molar-refractivity contribution in [3.05, 3.63) is 91.0 Å². The van der Waals surface area contributed by atoms with E-state index in [0.717, 1.165) is 43.6 Å². The molecule has 0 saturated heterocycles. The molecule has 1 heterocycles. The van der Waals surface area contributed by atoms with Crippen LogP contribution in [0.1, 0.15) is 0 Å². The molecule has 0 aliphatic carbocycles. The first-order chi connectivity index (χ1) is 13.8. The van der Waals surface area contributed by atoms with E-state index in [1.165, 1.54) is 0 Å². The number of rotatable bonds is 1. The summed E-state index contributed by atoms with van der Waals surface area (Å²) in [6.07, 6.45) is 0. The predicted molar refractivity (Wildman–Crippen MR) is 114 cm³/mol. The van der Waals surface area contributed by atoms with Crippen molar-refractivity contribution in [1.82, 2.24) is 0 Å². The Bertz CT molecular complexity index is 1510. The van der Waals surface area contributed by atoms with Crippen LogP contribution in [0, 0.1) is 0 Å². The molecule has 131 valence electrons. The molecular weight excluding hydrogens is 344 g/mol. The van der Waals surface area contributed by atoms with E-state index in [0.29, 0.717) is 11.0 Å². The molecular formula is C26H15O2. The molecule has 0 fully saturated rings. The lowest BCUT2D eigenvalue weighted by molar-refractivity contribution is 0.365. The van der Waals surface area contributed by atoms with Gasteiger partial charge in [-0.05, 0) is 34.0 Å². The van der Waals surface area contributed by atoms with Crippen molar-refractivity contribution in [2.75, 3.05) is 0 Å². The normalized spacial score (nSPS) is 11.7. The molecule has 5 aromatic carbocycles. The second kappa shape index (κ2) is 5.61. The van der Waals surface area contributed by atoms with Crippen LogP contribution in [0.15, 0.2) is 95.4 Å². The summed E-state index contributed by atoms with van der Waals surface area (Å²) in [6, 6.07) is 30.3. The Hall–Kier alpha value is -3.78. The van der Waals surface area contributed by atoms with Crippen LogP contribution < -0.4 is 0 Å². The number of furan rings is 1. The van der Waals surface area contributed by atoms with Crippen LogP contribution in [-0.4, -0.2) is 0 Å². The monoisotopic (exact) mass is 359 g/mol. The quantitative estimate of drug-likeness (QED) is 0.296. The maximum absolute atomic E-state index is 13.3. The van der Waals surface area contributed by atoms with Gasteiger partial charge in [0.15, 0.2) is 5.75 Å². The summed E-state index contributed by atoms with van der Waals surface area (Å²) < 4.78 is 6.25. The first kappa shape index (κ1) is 15.3. The summed E-state index contributed by atoms with van der Waals surface area (Å²) in [5.74, 6) is 0.0288. The number of hydrogen-bond acceptors (Lipinski definition) is 1. The van der Waals surface area contributed by atoms with Gasteiger partial charge >= 0.3 is 0 Å². The first-order valence-corrected chi connectivity index (χ1v) is 9.33. The van der Waals surface area contributed by atoms with Crippen molar-refractivity contribution >= 4 is 43.5 Å². The Morgan fingerprint density at radius 2 is 1.29 bits per heavy atom. The molecule has 1 radical (unpaired) electrons. The molecule has 1 aromatic heterocycles. The van der Waals surface area contributed by atoms with E-state index in [-0.39, 0.29) is 5.75 Å². The number of benzene rings is 5. The van der Waals surface area contributed by atoms with Crippen molar-refractivity contribution in [1.29, 1.82) is 0 Å². The van der Waals surface area contributed by atoms with Gasteiger partial charge in [-0.2, -0.15) is 0 Å². The lowest BCUT2D eigenvalue weighted by atomic mass is 9.95. The molecule has 2 nitrogen and oxygen atoms in total. The zero-order chi connectivity index (χ0) is 18.7. The van der Waals surface area contributed by atoms with E-state index in [4.69, 9.17) is 4.42 Å². The van der Waals surface area contributed by atoms with Crippen LogP contribution in [-0.2, 0) is 5.11 Å². The molecule has 2 heteroatoms. The standard InChI is InChI=1S/C26H15O2/c27-25-18-11-5-4-10-17(18)14-23-24(25)22-15-21(16-8-2-1-3-9-16)19-12-6-7-13-20(19)26(22)28-23/h1-15H. The lowest BCUT2D eigenvalue weighted by Crippen LogP contribution is -1.82. The highest BCUT2D eigenvalue weighted by molar-refractivity contribution is 6.22. The van der Waals surface area contributed by atoms with Crippen LogP contribution >= 0.6 is 0 Å². The molecule has 6 rings (SSSR count). The average molecular weight is 359 g/mol. The van der Waals surface area contributed by atoms with Gasteiger partial charge in [-0.3, -0.25) is 5.11 Å². The van der Waals surface area contributed by atoms with E-state index < -0.39 is 0 Å². The highest BCUT2D eigenvalue weighted by atomic mass is 16.3. The van der Waals surface area contributed by atoms with E-state index in [1.54, 1.807) is 0 Å². The second-order valence-corrected chi connectivity index (χ2v) is 7.11. The van der Waals surface area contributed by atoms with Crippen molar-refractivity contribution in [2.45, 2.75) is 0 Å². The Labute approximate surface area is 161 Å². The minimum absolute atomic E-state index is 0.0288. The van der Waals surface area contributed by atoms with Gasteiger partial charge in [0, 0.05) is 16.2 Å². The topological polar surface area (TPSA) is 33.0 Å². The van der Waals surface area contributed by atoms with Gasteiger partial charge in [-0.1, -0.05) is 78.9 Å². The minimum atomic E-state index is 0.0288. The van der Waals surface area contributed by atoms with Crippen molar-refractivity contribution < 1.29 is 9.52 Å². The van der Waals surface area contributed by atoms with Gasteiger partial charge in [-0.25, -0.2) is 0 Å². The molecule has 0 unspecified atom stereocenters. The van der Waals surface area contributed by atoms with Crippen molar-refractivity contribution in [2.24, 2.45) is 0 Å². The zero-order valence-corrected chi connectivity index (χ0v) is 15.0. The molecule has 0 aliphatic heterocycles. The SMILES string of the molecule is [O]c1c2ccccc2cc2oc3c4ccccc4c(-c4ccccc4)cc3c12. The Kier molecular flexibility index (Phi) is 3.06. The van der Waals surface area contributed by atoms with Gasteiger partial charge in [0.25, 0.3) is 0 Å². The minimum Gasteiger partial charge on any atom is -0.455 e. The molecule has 0 bridgehead atoms. The molecule has 0 aliphatic rings. The Morgan fingerprint density at radius 3 is 2.11 bits per heavy atom. The summed E-state index contributed by atoms with van der Waals surface area (Å²) in [5.41, 5.74) is 3.66. The Balaban J connectivity index is 1.86. The molecule has 6 aromatic rings. The van der Waals surface area contributed by atoms with Crippen LogP contribution in [0.25, 0.3) is 54.6 Å². The molecule has 0 spiro atoms. The molecule has 0 atom stereocenters. The summed E-state index contributed by atoms with van der Waals surface area (Å²) in [5, 5.41) is 18.6. The zero-order valence-electron chi connectivity index (χ0n) is 15.0. The van der Waals surface area contributed by atoms with Crippen LogP contribution in [0.5, 0.6) is 5.75 Å². The van der Waals surface area contributed by atoms with Gasteiger partial charge in [-0.15, -0.1) is 0 Å². The highest BCUT2D eigenvalue weighted by Crippen LogP contribution is 2.44. The van der Waals surface area contributed by atoms with Crippen molar-refractivity contribution in [3.8, 4) is 16.9 Å². The number of fused-ring (bicyclic) bond motifs is 6. The third-order valence-electron chi connectivity index (χ3n) is 5.53. The average Bonchev–Trinajstić information content (AvgIpc) is 3.13. The van der Waals surface area contributed by atoms with Gasteiger partial charge < -0.3 is 4.42 Å². The Morgan fingerprint density at radius 1 is 0.607 bits per heavy atom. The fourth-order valence-corrected chi connectivity index (χ4v) is 4.24. The number of hydrogen-bond donors (Lipinski definition) is 0. The largest absolute Gasteiger partial charge is 0.455 e. The maximum atomic E-state index is 13.3. The highest BCUT2D eigenvalue weighted by Gasteiger charge is 2.19. The van der Waals surface area contributed by atoms with E-state index in [9.17, 15) is 5.11 Å². The smallest absolute Gasteiger partial charge is 0.198 e. The summed E-state index contributed by atoms with van der Waals surface area (Å²) in [4.78, 5) is 0. The lowest BCUT2D eigenvalue weighted by Gasteiger charge is -2.08. The maximum Gasteiger partial charge on any atom is 0.198 e.